The second-order valence-electron chi connectivity index (χ2n) is 7.46. The predicted octanol–water partition coefficient (Wildman–Crippen LogP) is -2.85. The topological polar surface area (TPSA) is 98.8 Å². The van der Waals surface area contributed by atoms with Gasteiger partial charge in [0, 0.05) is 4.75 Å². The Kier molecular flexibility index (Phi) is 6.76. The molecule has 9 heteroatoms. The van der Waals surface area contributed by atoms with E-state index in [1.165, 1.54) is 16.7 Å². The molecule has 2 aliphatic heterocycles. The molecule has 7 nitrogen and oxygen atoms in total. The summed E-state index contributed by atoms with van der Waals surface area (Å²) in [7, 11) is 0. The van der Waals surface area contributed by atoms with Crippen LogP contribution in [-0.4, -0.2) is 50.5 Å². The predicted molar refractivity (Wildman–Crippen MR) is 94.2 cm³/mol. The summed E-state index contributed by atoms with van der Waals surface area (Å²) in [6.45, 7) is 6.74. The summed E-state index contributed by atoms with van der Waals surface area (Å²) in [5.41, 5.74) is -1.19. The van der Waals surface area contributed by atoms with Crippen LogP contribution in [0.25, 0.3) is 0 Å². The molecule has 2 unspecified atom stereocenters. The van der Waals surface area contributed by atoms with E-state index < -0.39 is 45.6 Å². The number of thioether (sulfide) groups is 1. The summed E-state index contributed by atoms with van der Waals surface area (Å²) in [4.78, 5) is 37.8. The van der Waals surface area contributed by atoms with E-state index in [0.717, 1.165) is 0 Å². The second kappa shape index (κ2) is 8.04. The second-order valence-corrected chi connectivity index (χ2v) is 9.23. The molecule has 1 aromatic carbocycles. The number of β-lactam (4-membered cyclic amide) rings is 1. The van der Waals surface area contributed by atoms with Crippen molar-refractivity contribution in [1.82, 2.24) is 10.2 Å². The summed E-state index contributed by atoms with van der Waals surface area (Å²) in [6.07, 6.45) is 0. The van der Waals surface area contributed by atoms with Gasteiger partial charge in [0.05, 0.1) is 12.0 Å². The molecular weight excluding hydrogens is 395 g/mol. The van der Waals surface area contributed by atoms with Gasteiger partial charge in [0.2, 0.25) is 5.91 Å². The number of carbonyl (C=O) groups excluding carboxylic acids is 3. The number of amides is 2. The third-order valence-corrected chi connectivity index (χ3v) is 6.19. The molecule has 0 radical (unpaired) electrons. The maximum atomic E-state index is 12.6. The van der Waals surface area contributed by atoms with Crippen molar-refractivity contribution in [2.45, 2.75) is 55.5 Å². The molecule has 2 fully saturated rings. The first-order chi connectivity index (χ1) is 12.0. The molecule has 2 heterocycles. The average molecular weight is 417 g/mol. The monoisotopic (exact) mass is 416 g/mol. The van der Waals surface area contributed by atoms with E-state index in [4.69, 9.17) is 4.74 Å². The first kappa shape index (κ1) is 22.7. The van der Waals surface area contributed by atoms with Crippen molar-refractivity contribution >= 4 is 29.5 Å². The molecular formula is C18H21KN2O5S. The number of aliphatic carboxylic acids is 1. The van der Waals surface area contributed by atoms with Crippen molar-refractivity contribution in [3.8, 4) is 5.75 Å². The van der Waals surface area contributed by atoms with Crippen LogP contribution >= 0.6 is 11.8 Å². The minimum atomic E-state index is -1.28. The number of nitrogens with one attached hydrogen (secondary N) is 1. The molecule has 27 heavy (non-hydrogen) atoms. The van der Waals surface area contributed by atoms with Crippen molar-refractivity contribution in [2.24, 2.45) is 0 Å². The largest absolute Gasteiger partial charge is 1.00 e. The van der Waals surface area contributed by atoms with Crippen LogP contribution in [-0.2, 0) is 14.4 Å². The summed E-state index contributed by atoms with van der Waals surface area (Å²) in [5, 5.41) is 13.7. The van der Waals surface area contributed by atoms with Crippen LogP contribution in [0.5, 0.6) is 5.75 Å². The van der Waals surface area contributed by atoms with Gasteiger partial charge in [0.25, 0.3) is 5.91 Å². The van der Waals surface area contributed by atoms with Crippen molar-refractivity contribution in [3.05, 3.63) is 30.3 Å². The Morgan fingerprint density at radius 1 is 1.26 bits per heavy atom. The quantitative estimate of drug-likeness (QED) is 0.410. The Labute approximate surface area is 205 Å². The number of benzene rings is 1. The van der Waals surface area contributed by atoms with Gasteiger partial charge in [0.1, 0.15) is 17.2 Å². The summed E-state index contributed by atoms with van der Waals surface area (Å²) >= 11 is 1.35. The number of carbonyl (C=O) groups is 3. The van der Waals surface area contributed by atoms with Crippen LogP contribution in [0.15, 0.2) is 30.3 Å². The SMILES string of the molecule is CC(C)(Oc1ccccc1)C(=O)NC1C(=O)N2C(C(=O)[O-])C(C)(C)S[C@H]12.[K+]. The molecule has 2 aliphatic rings. The van der Waals surface area contributed by atoms with Gasteiger partial charge in [0.15, 0.2) is 5.60 Å². The minimum Gasteiger partial charge on any atom is -0.548 e. The van der Waals surface area contributed by atoms with Gasteiger partial charge in [-0.2, -0.15) is 0 Å². The number of para-hydroxylation sites is 1. The number of hydrogen-bond donors (Lipinski definition) is 1. The molecule has 0 aromatic heterocycles. The fraction of sp³-hybridized carbons (Fsp3) is 0.500. The first-order valence-electron chi connectivity index (χ1n) is 8.30. The molecule has 2 amide bonds. The summed E-state index contributed by atoms with van der Waals surface area (Å²) in [5.74, 6) is -1.58. The zero-order chi connectivity index (χ0) is 19.3. The van der Waals surface area contributed by atoms with E-state index in [0.29, 0.717) is 5.75 Å². The zero-order valence-corrected chi connectivity index (χ0v) is 20.0. The van der Waals surface area contributed by atoms with Crippen molar-refractivity contribution in [1.29, 1.82) is 0 Å². The van der Waals surface area contributed by atoms with Crippen LogP contribution in [0, 0.1) is 0 Å². The Morgan fingerprint density at radius 2 is 1.85 bits per heavy atom. The molecule has 0 bridgehead atoms. The summed E-state index contributed by atoms with van der Waals surface area (Å²) in [6, 6.07) is 7.15. The number of ether oxygens (including phenoxy) is 1. The normalized spacial score (nSPS) is 25.7. The number of hydrogen-bond acceptors (Lipinski definition) is 6. The van der Waals surface area contributed by atoms with Crippen LogP contribution < -0.4 is 66.5 Å². The fourth-order valence-corrected chi connectivity index (χ4v) is 4.89. The number of fused-ring (bicyclic) bond motifs is 1. The van der Waals surface area contributed by atoms with Gasteiger partial charge in [-0.1, -0.05) is 18.2 Å². The van der Waals surface area contributed by atoms with E-state index in [1.807, 2.05) is 6.07 Å². The van der Waals surface area contributed by atoms with E-state index >= 15 is 0 Å². The van der Waals surface area contributed by atoms with Crippen LogP contribution in [0.1, 0.15) is 27.7 Å². The average Bonchev–Trinajstić information content (AvgIpc) is 2.81. The molecule has 2 saturated heterocycles. The van der Waals surface area contributed by atoms with Gasteiger partial charge in [-0.25, -0.2) is 0 Å². The zero-order valence-electron chi connectivity index (χ0n) is 16.0. The van der Waals surface area contributed by atoms with Crippen molar-refractivity contribution in [2.75, 3.05) is 0 Å². The number of carboxylic acids is 1. The molecule has 3 atom stereocenters. The van der Waals surface area contributed by atoms with Crippen LogP contribution in [0.2, 0.25) is 0 Å². The van der Waals surface area contributed by atoms with E-state index in [1.54, 1.807) is 52.0 Å². The standard InChI is InChI=1S/C18H22N2O5S.K/c1-17(2,25-10-8-6-5-7-9-10)16(24)19-11-13(21)20-12(15(22)23)18(3,4)26-14(11)20;/h5-9,11-12,14H,1-4H3,(H,19,24)(H,22,23);/q;+1/p-1/t11?,12?,14-;/m1./s1. The molecule has 0 spiro atoms. The Balaban J connectivity index is 0.00000261. The van der Waals surface area contributed by atoms with E-state index in [2.05, 4.69) is 5.32 Å². The van der Waals surface area contributed by atoms with Gasteiger partial charge < -0.3 is 24.9 Å². The number of rotatable bonds is 5. The van der Waals surface area contributed by atoms with Crippen molar-refractivity contribution in [3.63, 3.8) is 0 Å². The van der Waals surface area contributed by atoms with Gasteiger partial charge in [-0.15, -0.1) is 11.8 Å². The van der Waals surface area contributed by atoms with Crippen molar-refractivity contribution < 1.29 is 75.6 Å². The molecule has 0 saturated carbocycles. The maximum absolute atomic E-state index is 12.6. The fourth-order valence-electron chi connectivity index (χ4n) is 3.27. The third-order valence-electron chi connectivity index (χ3n) is 4.61. The van der Waals surface area contributed by atoms with Gasteiger partial charge in [-0.05, 0) is 39.8 Å². The Hall–Kier alpha value is -0.584. The van der Waals surface area contributed by atoms with E-state index in [-0.39, 0.29) is 51.4 Å². The number of nitrogens with zero attached hydrogens (tertiary/aromatic N) is 1. The number of carboxylic acid groups (broad SMARTS) is 1. The smallest absolute Gasteiger partial charge is 0.548 e. The third kappa shape index (κ3) is 4.23. The molecule has 1 N–H and O–H groups in total. The molecule has 0 aliphatic carbocycles. The summed E-state index contributed by atoms with van der Waals surface area (Å²) < 4.78 is 5.05. The van der Waals surface area contributed by atoms with Crippen LogP contribution in [0.3, 0.4) is 0 Å². The Morgan fingerprint density at radius 3 is 2.41 bits per heavy atom. The first-order valence-corrected chi connectivity index (χ1v) is 9.18. The molecule has 3 rings (SSSR count). The van der Waals surface area contributed by atoms with E-state index in [9.17, 15) is 19.5 Å². The van der Waals surface area contributed by atoms with Gasteiger partial charge in [-0.3, -0.25) is 9.59 Å². The Bertz CT molecular complexity index is 755. The maximum Gasteiger partial charge on any atom is 1.00 e. The molecule has 140 valence electrons. The molecule has 1 aromatic rings. The van der Waals surface area contributed by atoms with Crippen LogP contribution in [0.4, 0.5) is 0 Å². The van der Waals surface area contributed by atoms with Gasteiger partial charge >= 0.3 is 51.4 Å². The minimum absolute atomic E-state index is 0.